The van der Waals surface area contributed by atoms with Crippen molar-refractivity contribution in [2.45, 2.75) is 50.8 Å². The number of ether oxygens (including phenoxy) is 2. The second kappa shape index (κ2) is 2.77. The first kappa shape index (κ1) is 9.12. The molecule has 1 saturated heterocycles. The second-order valence-electron chi connectivity index (χ2n) is 4.15. The predicted octanol–water partition coefficient (Wildman–Crippen LogP) is 0.230. The molecule has 1 aliphatic carbocycles. The van der Waals surface area contributed by atoms with E-state index in [1.165, 1.54) is 0 Å². The molecular weight excluding hydrogens is 172 g/mol. The molecule has 0 bridgehead atoms. The molecule has 0 radical (unpaired) electrons. The summed E-state index contributed by atoms with van der Waals surface area (Å²) in [7, 11) is 0. The van der Waals surface area contributed by atoms with E-state index in [2.05, 4.69) is 0 Å². The molecule has 2 aliphatic rings. The van der Waals surface area contributed by atoms with Gasteiger partial charge in [0.25, 0.3) is 0 Å². The van der Waals surface area contributed by atoms with Crippen LogP contribution in [-0.4, -0.2) is 35.0 Å². The zero-order valence-electron chi connectivity index (χ0n) is 7.82. The van der Waals surface area contributed by atoms with Crippen LogP contribution in [0, 0.1) is 0 Å². The smallest absolute Gasteiger partial charge is 0.163 e. The summed E-state index contributed by atoms with van der Waals surface area (Å²) in [5.41, 5.74) is 0. The fourth-order valence-electron chi connectivity index (χ4n) is 2.00. The number of aliphatic hydroxyl groups excluding tert-OH is 1. The van der Waals surface area contributed by atoms with Gasteiger partial charge in [-0.15, -0.1) is 0 Å². The average molecular weight is 186 g/mol. The van der Waals surface area contributed by atoms with E-state index in [1.54, 1.807) is 13.8 Å². The van der Waals surface area contributed by atoms with Crippen molar-refractivity contribution in [3.05, 3.63) is 0 Å². The highest BCUT2D eigenvalue weighted by atomic mass is 16.8. The van der Waals surface area contributed by atoms with E-state index in [9.17, 15) is 9.90 Å². The quantitative estimate of drug-likeness (QED) is 0.588. The van der Waals surface area contributed by atoms with E-state index in [-0.39, 0.29) is 24.4 Å². The average Bonchev–Trinajstić information content (AvgIpc) is 2.23. The van der Waals surface area contributed by atoms with Crippen LogP contribution in [0.5, 0.6) is 0 Å². The van der Waals surface area contributed by atoms with Crippen LogP contribution in [0.1, 0.15) is 26.7 Å². The fraction of sp³-hybridized carbons (Fsp3) is 0.889. The second-order valence-corrected chi connectivity index (χ2v) is 4.15. The van der Waals surface area contributed by atoms with E-state index in [0.29, 0.717) is 6.42 Å². The third-order valence-corrected chi connectivity index (χ3v) is 2.47. The number of Topliss-reactive ketones (excluding diaryl/α,β-unsaturated/α-hetero) is 1. The van der Waals surface area contributed by atoms with Crippen molar-refractivity contribution >= 4 is 5.78 Å². The lowest BCUT2D eigenvalue weighted by Gasteiger charge is -2.26. The topological polar surface area (TPSA) is 55.8 Å². The van der Waals surface area contributed by atoms with Crippen LogP contribution in [0.4, 0.5) is 0 Å². The number of aliphatic hydroxyl groups is 1. The third kappa shape index (κ3) is 1.61. The Morgan fingerprint density at radius 1 is 1.38 bits per heavy atom. The number of rotatable bonds is 0. The minimum Gasteiger partial charge on any atom is -0.390 e. The van der Waals surface area contributed by atoms with Gasteiger partial charge in [-0.3, -0.25) is 4.79 Å². The van der Waals surface area contributed by atoms with Gasteiger partial charge in [0.15, 0.2) is 5.79 Å². The van der Waals surface area contributed by atoms with Gasteiger partial charge in [-0.1, -0.05) is 0 Å². The van der Waals surface area contributed by atoms with Gasteiger partial charge in [0.05, 0.1) is 12.2 Å². The molecular formula is C9H14O4. The standard InChI is InChI=1S/C9H14O4/c1-9(2)12-7-4-5(10)3-6(11)8(7)13-9/h6-8,11H,3-4H2,1-2H3/t6-,7+,8-/m0/s1. The molecule has 4 heteroatoms. The molecule has 74 valence electrons. The van der Waals surface area contributed by atoms with Gasteiger partial charge in [-0.25, -0.2) is 0 Å². The lowest BCUT2D eigenvalue weighted by molar-refractivity contribution is -0.153. The molecule has 1 N–H and O–H groups in total. The van der Waals surface area contributed by atoms with Crippen molar-refractivity contribution in [2.75, 3.05) is 0 Å². The number of ketones is 1. The highest BCUT2D eigenvalue weighted by molar-refractivity contribution is 5.80. The van der Waals surface area contributed by atoms with Crippen LogP contribution in [0.25, 0.3) is 0 Å². The van der Waals surface area contributed by atoms with Crippen LogP contribution in [0.3, 0.4) is 0 Å². The molecule has 4 nitrogen and oxygen atoms in total. The molecule has 0 amide bonds. The molecule has 0 unspecified atom stereocenters. The molecule has 1 aliphatic heterocycles. The van der Waals surface area contributed by atoms with Gasteiger partial charge in [-0.05, 0) is 13.8 Å². The lowest BCUT2D eigenvalue weighted by atomic mass is 9.91. The van der Waals surface area contributed by atoms with E-state index >= 15 is 0 Å². The maximum atomic E-state index is 11.1. The zero-order valence-corrected chi connectivity index (χ0v) is 7.82. The highest BCUT2D eigenvalue weighted by Crippen LogP contribution is 2.35. The molecule has 1 heterocycles. The number of carbonyl (C=O) groups excluding carboxylic acids is 1. The Balaban J connectivity index is 2.14. The van der Waals surface area contributed by atoms with Crippen molar-refractivity contribution in [3.63, 3.8) is 0 Å². The number of carbonyl (C=O) groups is 1. The maximum Gasteiger partial charge on any atom is 0.163 e. The van der Waals surface area contributed by atoms with Crippen LogP contribution < -0.4 is 0 Å². The van der Waals surface area contributed by atoms with Crippen molar-refractivity contribution in [2.24, 2.45) is 0 Å². The largest absolute Gasteiger partial charge is 0.390 e. The fourth-order valence-corrected chi connectivity index (χ4v) is 2.00. The Morgan fingerprint density at radius 3 is 2.77 bits per heavy atom. The molecule has 1 saturated carbocycles. The van der Waals surface area contributed by atoms with Gasteiger partial charge in [-0.2, -0.15) is 0 Å². The SMILES string of the molecule is CC1(C)O[C@H]2[C@@H](O)CC(=O)C[C@H]2O1. The minimum absolute atomic E-state index is 0.0510. The molecule has 0 aromatic heterocycles. The van der Waals surface area contributed by atoms with Gasteiger partial charge in [0.2, 0.25) is 0 Å². The Morgan fingerprint density at radius 2 is 2.08 bits per heavy atom. The number of hydrogen-bond acceptors (Lipinski definition) is 4. The third-order valence-electron chi connectivity index (χ3n) is 2.47. The zero-order chi connectivity index (χ0) is 9.64. The first-order valence-electron chi connectivity index (χ1n) is 4.53. The molecule has 3 atom stereocenters. The van der Waals surface area contributed by atoms with Crippen LogP contribution in [0.2, 0.25) is 0 Å². The highest BCUT2D eigenvalue weighted by Gasteiger charge is 2.48. The van der Waals surface area contributed by atoms with Crippen molar-refractivity contribution in [1.29, 1.82) is 0 Å². The summed E-state index contributed by atoms with van der Waals surface area (Å²) in [5, 5.41) is 9.56. The lowest BCUT2D eigenvalue weighted by Crippen LogP contribution is -2.42. The molecule has 0 aromatic carbocycles. The Labute approximate surface area is 76.8 Å². The van der Waals surface area contributed by atoms with Crippen LogP contribution in [-0.2, 0) is 14.3 Å². The van der Waals surface area contributed by atoms with Crippen molar-refractivity contribution in [3.8, 4) is 0 Å². The predicted molar refractivity (Wildman–Crippen MR) is 44.1 cm³/mol. The summed E-state index contributed by atoms with van der Waals surface area (Å²) >= 11 is 0. The summed E-state index contributed by atoms with van der Waals surface area (Å²) < 4.78 is 11.0. The number of fused-ring (bicyclic) bond motifs is 1. The monoisotopic (exact) mass is 186 g/mol. The summed E-state index contributed by atoms with van der Waals surface area (Å²) in [4.78, 5) is 11.1. The molecule has 0 spiro atoms. The van der Waals surface area contributed by atoms with Gasteiger partial charge < -0.3 is 14.6 Å². The Hall–Kier alpha value is -0.450. The molecule has 0 aromatic rings. The Bertz CT molecular complexity index is 236. The molecule has 2 rings (SSSR count). The normalized spacial score (nSPS) is 43.3. The van der Waals surface area contributed by atoms with Gasteiger partial charge in [0.1, 0.15) is 11.9 Å². The summed E-state index contributed by atoms with van der Waals surface area (Å²) in [6, 6.07) is 0. The van der Waals surface area contributed by atoms with E-state index in [1.807, 2.05) is 0 Å². The first-order chi connectivity index (χ1) is 5.98. The van der Waals surface area contributed by atoms with Gasteiger partial charge >= 0.3 is 0 Å². The first-order valence-corrected chi connectivity index (χ1v) is 4.53. The van der Waals surface area contributed by atoms with E-state index in [0.717, 1.165) is 0 Å². The van der Waals surface area contributed by atoms with Crippen LogP contribution in [0.15, 0.2) is 0 Å². The summed E-state index contributed by atoms with van der Waals surface area (Å²) in [6.45, 7) is 3.59. The molecule has 2 fully saturated rings. The summed E-state index contributed by atoms with van der Waals surface area (Å²) in [5.74, 6) is -0.615. The van der Waals surface area contributed by atoms with Crippen molar-refractivity contribution in [1.82, 2.24) is 0 Å². The van der Waals surface area contributed by atoms with Crippen LogP contribution >= 0.6 is 0 Å². The summed E-state index contributed by atoms with van der Waals surface area (Å²) in [6.07, 6.45) is -0.724. The molecule has 13 heavy (non-hydrogen) atoms. The minimum atomic E-state index is -0.701. The Kier molecular flexibility index (Phi) is 1.94. The van der Waals surface area contributed by atoms with E-state index in [4.69, 9.17) is 9.47 Å². The van der Waals surface area contributed by atoms with Crippen molar-refractivity contribution < 1.29 is 19.4 Å². The van der Waals surface area contributed by atoms with E-state index < -0.39 is 11.9 Å². The number of hydrogen-bond donors (Lipinski definition) is 1. The van der Waals surface area contributed by atoms with Gasteiger partial charge in [0, 0.05) is 12.8 Å². The maximum absolute atomic E-state index is 11.1.